The highest BCUT2D eigenvalue weighted by molar-refractivity contribution is 4.60. The maximum Gasteiger partial charge on any atom is 0.000408 e. The van der Waals surface area contributed by atoms with E-state index in [9.17, 15) is 0 Å². The predicted octanol–water partition coefficient (Wildman–Crippen LogP) is 3.40. The van der Waals surface area contributed by atoms with Gasteiger partial charge in [-0.2, -0.15) is 0 Å². The number of unbranched alkanes of at least 4 members (excludes halogenated alkanes) is 1. The maximum atomic E-state index is 2.46. The first kappa shape index (κ1) is 13.0. The highest BCUT2D eigenvalue weighted by Crippen LogP contribution is 2.09. The summed E-state index contributed by atoms with van der Waals surface area (Å²) >= 11 is 0. The fourth-order valence-corrected chi connectivity index (χ4v) is 1.87. The highest BCUT2D eigenvalue weighted by Gasteiger charge is 2.06. The molecule has 1 unspecified atom stereocenters. The van der Waals surface area contributed by atoms with Gasteiger partial charge in [0, 0.05) is 13.1 Å². The third-order valence-electron chi connectivity index (χ3n) is 2.35. The van der Waals surface area contributed by atoms with Gasteiger partial charge in [-0.25, -0.2) is 0 Å². The predicted molar refractivity (Wildman–Crippen MR) is 61.0 cm³/mol. The van der Waals surface area contributed by atoms with Crippen LogP contribution < -0.4 is 0 Å². The molecule has 0 fully saturated rings. The summed E-state index contributed by atoms with van der Waals surface area (Å²) < 4.78 is 0. The van der Waals surface area contributed by atoms with Gasteiger partial charge in [0.05, 0.1) is 0 Å². The minimum atomic E-state index is 0.795. The van der Waals surface area contributed by atoms with Gasteiger partial charge < -0.3 is 4.90 Å². The fraction of sp³-hybridized carbons (Fsp3) is 1.00. The summed E-state index contributed by atoms with van der Waals surface area (Å²) in [4.78, 5) is 2.46. The van der Waals surface area contributed by atoms with Crippen molar-refractivity contribution in [1.82, 2.24) is 4.90 Å². The molecule has 0 N–H and O–H groups in total. The average Bonchev–Trinajstić information content (AvgIpc) is 1.98. The van der Waals surface area contributed by atoms with Gasteiger partial charge in [-0.3, -0.25) is 0 Å². The first-order chi connectivity index (χ1) is 6.06. The summed E-state index contributed by atoms with van der Waals surface area (Å²) in [5.41, 5.74) is 0. The number of hydrogen-bond donors (Lipinski definition) is 0. The zero-order valence-electron chi connectivity index (χ0n) is 10.1. The summed E-state index contributed by atoms with van der Waals surface area (Å²) in [6.45, 7) is 11.7. The van der Waals surface area contributed by atoms with Gasteiger partial charge in [-0.15, -0.1) is 0 Å². The normalized spacial score (nSPS) is 14.1. The van der Waals surface area contributed by atoms with E-state index in [4.69, 9.17) is 0 Å². The zero-order chi connectivity index (χ0) is 10.3. The van der Waals surface area contributed by atoms with E-state index in [-0.39, 0.29) is 0 Å². The van der Waals surface area contributed by atoms with Gasteiger partial charge in [-0.1, -0.05) is 40.5 Å². The SMILES string of the molecule is CCCCC(C)CN(C)CC(C)C. The molecule has 0 rings (SSSR count). The van der Waals surface area contributed by atoms with Crippen molar-refractivity contribution >= 4 is 0 Å². The molecule has 0 aliphatic heterocycles. The molecule has 0 saturated carbocycles. The number of rotatable bonds is 7. The summed E-state index contributed by atoms with van der Waals surface area (Å²) in [5.74, 6) is 1.66. The molecule has 0 radical (unpaired) electrons. The molecule has 1 atom stereocenters. The molecule has 0 aliphatic carbocycles. The lowest BCUT2D eigenvalue weighted by atomic mass is 10.0. The fourth-order valence-electron chi connectivity index (χ4n) is 1.87. The molecule has 0 aromatic heterocycles. The molecule has 80 valence electrons. The van der Waals surface area contributed by atoms with E-state index in [2.05, 4.69) is 39.6 Å². The summed E-state index contributed by atoms with van der Waals surface area (Å²) in [6, 6.07) is 0. The van der Waals surface area contributed by atoms with Crippen LogP contribution in [0.5, 0.6) is 0 Å². The molecule has 0 amide bonds. The van der Waals surface area contributed by atoms with Crippen molar-refractivity contribution in [3.63, 3.8) is 0 Å². The monoisotopic (exact) mass is 185 g/mol. The van der Waals surface area contributed by atoms with E-state index in [0.717, 1.165) is 11.8 Å². The second-order valence-corrected chi connectivity index (χ2v) is 4.86. The Kier molecular flexibility index (Phi) is 7.35. The average molecular weight is 185 g/mol. The van der Waals surface area contributed by atoms with Crippen molar-refractivity contribution < 1.29 is 0 Å². The third-order valence-corrected chi connectivity index (χ3v) is 2.35. The summed E-state index contributed by atoms with van der Waals surface area (Å²) in [7, 11) is 2.24. The van der Waals surface area contributed by atoms with Gasteiger partial charge in [0.2, 0.25) is 0 Å². The standard InChI is InChI=1S/C12H27N/c1-6-7-8-12(4)10-13(5)9-11(2)3/h11-12H,6-10H2,1-5H3. The van der Waals surface area contributed by atoms with Crippen molar-refractivity contribution in [2.75, 3.05) is 20.1 Å². The van der Waals surface area contributed by atoms with Gasteiger partial charge in [0.1, 0.15) is 0 Å². The maximum absolute atomic E-state index is 2.46. The topological polar surface area (TPSA) is 3.24 Å². The summed E-state index contributed by atoms with van der Waals surface area (Å²) in [6.07, 6.45) is 4.11. The van der Waals surface area contributed by atoms with Crippen LogP contribution in [-0.2, 0) is 0 Å². The minimum absolute atomic E-state index is 0.795. The molecule has 1 heteroatoms. The molecule has 0 spiro atoms. The van der Waals surface area contributed by atoms with Crippen LogP contribution in [-0.4, -0.2) is 25.0 Å². The molecule has 0 saturated heterocycles. The van der Waals surface area contributed by atoms with E-state index in [1.54, 1.807) is 0 Å². The Bertz CT molecular complexity index is 110. The summed E-state index contributed by atoms with van der Waals surface area (Å²) in [5, 5.41) is 0. The van der Waals surface area contributed by atoms with Crippen molar-refractivity contribution in [2.45, 2.75) is 47.0 Å². The Labute approximate surface area is 84.5 Å². The van der Waals surface area contributed by atoms with Crippen LogP contribution in [0.2, 0.25) is 0 Å². The first-order valence-corrected chi connectivity index (χ1v) is 5.74. The molecule has 1 nitrogen and oxygen atoms in total. The Morgan fingerprint density at radius 1 is 1.08 bits per heavy atom. The third kappa shape index (κ3) is 8.29. The first-order valence-electron chi connectivity index (χ1n) is 5.74. The van der Waals surface area contributed by atoms with Crippen molar-refractivity contribution in [2.24, 2.45) is 11.8 Å². The Morgan fingerprint density at radius 3 is 2.15 bits per heavy atom. The van der Waals surface area contributed by atoms with E-state index in [1.165, 1.54) is 32.4 Å². The van der Waals surface area contributed by atoms with Crippen LogP contribution in [0.15, 0.2) is 0 Å². The molecule has 0 aliphatic rings. The zero-order valence-corrected chi connectivity index (χ0v) is 10.1. The second kappa shape index (κ2) is 7.37. The van der Waals surface area contributed by atoms with Crippen molar-refractivity contribution in [3.8, 4) is 0 Å². The van der Waals surface area contributed by atoms with Crippen molar-refractivity contribution in [1.29, 1.82) is 0 Å². The Morgan fingerprint density at radius 2 is 1.69 bits per heavy atom. The Balaban J connectivity index is 3.46. The van der Waals surface area contributed by atoms with E-state index in [0.29, 0.717) is 0 Å². The number of hydrogen-bond acceptors (Lipinski definition) is 1. The van der Waals surface area contributed by atoms with Gasteiger partial charge in [0.15, 0.2) is 0 Å². The Hall–Kier alpha value is -0.0400. The van der Waals surface area contributed by atoms with Crippen molar-refractivity contribution in [3.05, 3.63) is 0 Å². The quantitative estimate of drug-likeness (QED) is 0.587. The molecular weight excluding hydrogens is 158 g/mol. The van der Waals surface area contributed by atoms with Gasteiger partial charge >= 0.3 is 0 Å². The van der Waals surface area contributed by atoms with E-state index >= 15 is 0 Å². The van der Waals surface area contributed by atoms with Crippen LogP contribution in [0.4, 0.5) is 0 Å². The molecule has 0 bridgehead atoms. The van der Waals surface area contributed by atoms with Crippen LogP contribution in [0.25, 0.3) is 0 Å². The lowest BCUT2D eigenvalue weighted by Gasteiger charge is -2.22. The lowest BCUT2D eigenvalue weighted by molar-refractivity contribution is 0.250. The van der Waals surface area contributed by atoms with E-state index in [1.807, 2.05) is 0 Å². The van der Waals surface area contributed by atoms with Gasteiger partial charge in [-0.05, 0) is 25.3 Å². The molecule has 0 aromatic carbocycles. The molecular formula is C12H27N. The minimum Gasteiger partial charge on any atom is -0.306 e. The molecule has 13 heavy (non-hydrogen) atoms. The van der Waals surface area contributed by atoms with E-state index < -0.39 is 0 Å². The number of nitrogens with zero attached hydrogens (tertiary/aromatic N) is 1. The largest absolute Gasteiger partial charge is 0.306 e. The second-order valence-electron chi connectivity index (χ2n) is 4.86. The molecule has 0 heterocycles. The van der Waals surface area contributed by atoms with Crippen LogP contribution in [0.3, 0.4) is 0 Å². The van der Waals surface area contributed by atoms with Crippen LogP contribution in [0.1, 0.15) is 47.0 Å². The van der Waals surface area contributed by atoms with Crippen LogP contribution in [0, 0.1) is 11.8 Å². The highest BCUT2D eigenvalue weighted by atomic mass is 15.1. The van der Waals surface area contributed by atoms with Gasteiger partial charge in [0.25, 0.3) is 0 Å². The smallest absolute Gasteiger partial charge is 0.000408 e. The van der Waals surface area contributed by atoms with Crippen LogP contribution >= 0.6 is 0 Å². The lowest BCUT2D eigenvalue weighted by Crippen LogP contribution is -2.28. The molecule has 0 aromatic rings.